The van der Waals surface area contributed by atoms with E-state index in [9.17, 15) is 0 Å². The van der Waals surface area contributed by atoms with Crippen LogP contribution in [0.2, 0.25) is 0 Å². The molecule has 0 radical (unpaired) electrons. The van der Waals surface area contributed by atoms with E-state index in [-0.39, 0.29) is 0 Å². The first-order chi connectivity index (χ1) is 3.93. The van der Waals surface area contributed by atoms with Crippen molar-refractivity contribution in [1.29, 1.82) is 0 Å². The lowest BCUT2D eigenvalue weighted by Gasteiger charge is -2.20. The molecule has 0 bridgehead atoms. The Bertz CT molecular complexity index is 55.4. The number of hydrogen-bond donors (Lipinski definition) is 1. The molecule has 1 N–H and O–H groups in total. The van der Waals surface area contributed by atoms with Crippen molar-refractivity contribution in [2.45, 2.75) is 26.2 Å². The minimum absolute atomic E-state index is 0.976. The molecule has 1 fully saturated rings. The molecule has 0 spiro atoms. The van der Waals surface area contributed by atoms with Crippen LogP contribution in [-0.2, 0) is 0 Å². The molecule has 1 aliphatic rings. The third kappa shape index (κ3) is 1.48. The molecule has 0 amide bonds. The van der Waals surface area contributed by atoms with Gasteiger partial charge in [0.2, 0.25) is 0 Å². The molecular formula is C7H15N. The van der Waals surface area contributed by atoms with Crippen molar-refractivity contribution in [1.82, 2.24) is 5.32 Å². The van der Waals surface area contributed by atoms with Crippen LogP contribution in [0.3, 0.4) is 0 Å². The van der Waals surface area contributed by atoms with Gasteiger partial charge in [-0.05, 0) is 31.8 Å². The summed E-state index contributed by atoms with van der Waals surface area (Å²) in [4.78, 5) is 0. The fraction of sp³-hybridized carbons (Fsp3) is 1.00. The Morgan fingerprint density at radius 2 is 2.50 bits per heavy atom. The minimum Gasteiger partial charge on any atom is -0.316 e. The Morgan fingerprint density at radius 1 is 1.62 bits per heavy atom. The van der Waals surface area contributed by atoms with E-state index < -0.39 is 0 Å². The van der Waals surface area contributed by atoms with Crippen molar-refractivity contribution in [2.75, 3.05) is 13.1 Å². The predicted molar refractivity (Wildman–Crippen MR) is 35.9 cm³/mol. The third-order valence-electron chi connectivity index (χ3n) is 1.98. The van der Waals surface area contributed by atoms with Crippen LogP contribution in [0.15, 0.2) is 0 Å². The van der Waals surface area contributed by atoms with E-state index in [0.717, 1.165) is 5.92 Å². The van der Waals surface area contributed by atoms with Crippen LogP contribution < -0.4 is 5.32 Å². The molecule has 0 saturated carbocycles. The van der Waals surface area contributed by atoms with E-state index in [4.69, 9.17) is 0 Å². The lowest BCUT2D eigenvalue weighted by atomic mass is 9.97. The van der Waals surface area contributed by atoms with Gasteiger partial charge in [-0.25, -0.2) is 0 Å². The quantitative estimate of drug-likeness (QED) is 0.542. The molecule has 1 heterocycles. The normalized spacial score (nSPS) is 30.4. The van der Waals surface area contributed by atoms with Gasteiger partial charge in [-0.15, -0.1) is 0 Å². The SMILES string of the molecule is CC[C@@H]1CCCNC1. The highest BCUT2D eigenvalue weighted by Crippen LogP contribution is 2.12. The zero-order valence-electron chi connectivity index (χ0n) is 5.61. The molecule has 0 aromatic heterocycles. The molecule has 1 aliphatic heterocycles. The summed E-state index contributed by atoms with van der Waals surface area (Å²) in [5.41, 5.74) is 0. The summed E-state index contributed by atoms with van der Waals surface area (Å²) in [5, 5.41) is 3.39. The van der Waals surface area contributed by atoms with Crippen molar-refractivity contribution in [3.8, 4) is 0 Å². The molecule has 1 saturated heterocycles. The van der Waals surface area contributed by atoms with E-state index in [1.165, 1.54) is 32.4 Å². The first-order valence-corrected chi connectivity index (χ1v) is 3.64. The topological polar surface area (TPSA) is 12.0 Å². The van der Waals surface area contributed by atoms with Gasteiger partial charge in [0.05, 0.1) is 0 Å². The second-order valence-corrected chi connectivity index (χ2v) is 2.62. The molecule has 8 heavy (non-hydrogen) atoms. The fourth-order valence-electron chi connectivity index (χ4n) is 1.27. The smallest absolute Gasteiger partial charge is 0.00206 e. The van der Waals surface area contributed by atoms with Gasteiger partial charge in [-0.3, -0.25) is 0 Å². The maximum atomic E-state index is 3.39. The van der Waals surface area contributed by atoms with Crippen LogP contribution >= 0.6 is 0 Å². The summed E-state index contributed by atoms with van der Waals surface area (Å²) in [6.45, 7) is 4.78. The number of hydrogen-bond acceptors (Lipinski definition) is 1. The van der Waals surface area contributed by atoms with E-state index >= 15 is 0 Å². The highest BCUT2D eigenvalue weighted by Gasteiger charge is 2.08. The number of rotatable bonds is 1. The van der Waals surface area contributed by atoms with Crippen molar-refractivity contribution >= 4 is 0 Å². The molecule has 0 aliphatic carbocycles. The van der Waals surface area contributed by atoms with Crippen molar-refractivity contribution in [3.63, 3.8) is 0 Å². The van der Waals surface area contributed by atoms with E-state index in [0.29, 0.717) is 0 Å². The molecule has 48 valence electrons. The summed E-state index contributed by atoms with van der Waals surface area (Å²) in [7, 11) is 0. The van der Waals surface area contributed by atoms with E-state index in [1.807, 2.05) is 0 Å². The highest BCUT2D eigenvalue weighted by molar-refractivity contribution is 4.66. The maximum Gasteiger partial charge on any atom is -0.00206 e. The van der Waals surface area contributed by atoms with Gasteiger partial charge in [-0.1, -0.05) is 13.3 Å². The zero-order chi connectivity index (χ0) is 5.82. The van der Waals surface area contributed by atoms with Crippen molar-refractivity contribution < 1.29 is 0 Å². The number of nitrogens with one attached hydrogen (secondary N) is 1. The molecule has 1 heteroatoms. The van der Waals surface area contributed by atoms with Crippen molar-refractivity contribution in [3.05, 3.63) is 0 Å². The van der Waals surface area contributed by atoms with Gasteiger partial charge in [0, 0.05) is 0 Å². The van der Waals surface area contributed by atoms with Gasteiger partial charge in [0.15, 0.2) is 0 Å². The van der Waals surface area contributed by atoms with Crippen LogP contribution in [0, 0.1) is 5.92 Å². The monoisotopic (exact) mass is 113 g/mol. The second kappa shape index (κ2) is 3.08. The van der Waals surface area contributed by atoms with Gasteiger partial charge < -0.3 is 5.32 Å². The molecule has 0 unspecified atom stereocenters. The molecule has 1 atom stereocenters. The zero-order valence-corrected chi connectivity index (χ0v) is 5.61. The van der Waals surface area contributed by atoms with Gasteiger partial charge >= 0.3 is 0 Å². The summed E-state index contributed by atoms with van der Waals surface area (Å²) >= 11 is 0. The minimum atomic E-state index is 0.976. The Labute approximate surface area is 51.5 Å². The lowest BCUT2D eigenvalue weighted by Crippen LogP contribution is -2.29. The Balaban J connectivity index is 2.13. The Morgan fingerprint density at radius 3 is 2.88 bits per heavy atom. The summed E-state index contributed by atoms with van der Waals surface area (Å²) in [6, 6.07) is 0. The summed E-state index contributed by atoms with van der Waals surface area (Å²) in [6.07, 6.45) is 4.19. The molecule has 1 rings (SSSR count). The van der Waals surface area contributed by atoms with E-state index in [2.05, 4.69) is 12.2 Å². The van der Waals surface area contributed by atoms with Gasteiger partial charge in [0.1, 0.15) is 0 Å². The van der Waals surface area contributed by atoms with Crippen LogP contribution in [0.1, 0.15) is 26.2 Å². The van der Waals surface area contributed by atoms with Gasteiger partial charge in [-0.2, -0.15) is 0 Å². The first kappa shape index (κ1) is 6.09. The third-order valence-corrected chi connectivity index (χ3v) is 1.98. The Hall–Kier alpha value is -0.0400. The van der Waals surface area contributed by atoms with E-state index in [1.54, 1.807) is 0 Å². The predicted octanol–water partition coefficient (Wildman–Crippen LogP) is 1.40. The van der Waals surface area contributed by atoms with Crippen LogP contribution in [-0.4, -0.2) is 13.1 Å². The molecule has 1 nitrogen and oxygen atoms in total. The standard InChI is InChI=1S/C7H15N/c1-2-7-4-3-5-8-6-7/h7-8H,2-6H2,1H3/t7-/m1/s1. The molecule has 0 aromatic rings. The van der Waals surface area contributed by atoms with Crippen LogP contribution in [0.4, 0.5) is 0 Å². The largest absolute Gasteiger partial charge is 0.316 e. The van der Waals surface area contributed by atoms with Crippen LogP contribution in [0.5, 0.6) is 0 Å². The summed E-state index contributed by atoms with van der Waals surface area (Å²) < 4.78 is 0. The maximum absolute atomic E-state index is 3.39. The molecule has 0 aromatic carbocycles. The fourth-order valence-corrected chi connectivity index (χ4v) is 1.27. The van der Waals surface area contributed by atoms with Crippen molar-refractivity contribution in [2.24, 2.45) is 5.92 Å². The summed E-state index contributed by atoms with van der Waals surface area (Å²) in [5.74, 6) is 0.976. The van der Waals surface area contributed by atoms with Gasteiger partial charge in [0.25, 0.3) is 0 Å². The average Bonchev–Trinajstić information content (AvgIpc) is 1.90. The molecular weight excluding hydrogens is 98.1 g/mol. The lowest BCUT2D eigenvalue weighted by molar-refractivity contribution is 0.369. The Kier molecular flexibility index (Phi) is 2.34. The number of piperidine rings is 1. The second-order valence-electron chi connectivity index (χ2n) is 2.62. The average molecular weight is 113 g/mol. The highest BCUT2D eigenvalue weighted by atomic mass is 14.9. The van der Waals surface area contributed by atoms with Crippen LogP contribution in [0.25, 0.3) is 0 Å². The first-order valence-electron chi connectivity index (χ1n) is 3.64.